The van der Waals surface area contributed by atoms with E-state index in [2.05, 4.69) is 9.97 Å². The van der Waals surface area contributed by atoms with Gasteiger partial charge in [-0.25, -0.2) is 9.78 Å². The first-order valence-electron chi connectivity index (χ1n) is 7.58. The third kappa shape index (κ3) is 2.25. The van der Waals surface area contributed by atoms with Crippen molar-refractivity contribution in [2.75, 3.05) is 0 Å². The number of nitrogens with zero attached hydrogens (tertiary/aromatic N) is 2. The standard InChI is InChI=1S/C17H11N3O5S/c1-7-11-13(21)18-8(2)19-14(11)26-12(7)17(24)25-20-15(22)9-5-3-4-6-10(9)16(20)23/h3-6H,1-2H3,(H,18,19,21). The van der Waals surface area contributed by atoms with E-state index in [0.29, 0.717) is 21.3 Å². The van der Waals surface area contributed by atoms with Gasteiger partial charge in [0.25, 0.3) is 17.4 Å². The summed E-state index contributed by atoms with van der Waals surface area (Å²) >= 11 is 0.975. The van der Waals surface area contributed by atoms with Crippen molar-refractivity contribution >= 4 is 39.3 Å². The Morgan fingerprint density at radius 3 is 2.35 bits per heavy atom. The van der Waals surface area contributed by atoms with Gasteiger partial charge in [0.15, 0.2) is 0 Å². The molecule has 4 rings (SSSR count). The summed E-state index contributed by atoms with van der Waals surface area (Å²) in [7, 11) is 0. The first kappa shape index (κ1) is 16.2. The lowest BCUT2D eigenvalue weighted by Crippen LogP contribution is -2.32. The molecule has 2 amide bonds. The molecule has 0 atom stereocenters. The van der Waals surface area contributed by atoms with Crippen LogP contribution in [0.2, 0.25) is 0 Å². The maximum Gasteiger partial charge on any atom is 0.374 e. The molecule has 1 aromatic carbocycles. The van der Waals surface area contributed by atoms with E-state index >= 15 is 0 Å². The number of aromatic amines is 1. The highest BCUT2D eigenvalue weighted by atomic mass is 32.1. The third-order valence-corrected chi connectivity index (χ3v) is 5.20. The van der Waals surface area contributed by atoms with E-state index in [4.69, 9.17) is 4.84 Å². The second-order valence-corrected chi connectivity index (χ2v) is 6.72. The zero-order chi connectivity index (χ0) is 18.6. The molecular formula is C17H11N3O5S. The number of aromatic nitrogens is 2. The van der Waals surface area contributed by atoms with Gasteiger partial charge in [0.1, 0.15) is 15.5 Å². The van der Waals surface area contributed by atoms with Crippen molar-refractivity contribution in [3.63, 3.8) is 0 Å². The maximum atomic E-state index is 12.5. The summed E-state index contributed by atoms with van der Waals surface area (Å²) in [4.78, 5) is 61.5. The lowest BCUT2D eigenvalue weighted by Gasteiger charge is -2.12. The Hall–Kier alpha value is -3.33. The van der Waals surface area contributed by atoms with Crippen molar-refractivity contribution in [1.29, 1.82) is 0 Å². The molecule has 1 aliphatic rings. The smallest absolute Gasteiger partial charge is 0.323 e. The van der Waals surface area contributed by atoms with Crippen LogP contribution in [0.15, 0.2) is 29.1 Å². The lowest BCUT2D eigenvalue weighted by molar-refractivity contribution is -0.0581. The fraction of sp³-hybridized carbons (Fsp3) is 0.118. The average molecular weight is 369 g/mol. The molecule has 2 aromatic heterocycles. The average Bonchev–Trinajstić information content (AvgIpc) is 3.05. The number of thiophene rings is 1. The zero-order valence-corrected chi connectivity index (χ0v) is 14.5. The predicted octanol–water partition coefficient (Wildman–Crippen LogP) is 1.97. The summed E-state index contributed by atoms with van der Waals surface area (Å²) in [5, 5.41) is 0.731. The Morgan fingerprint density at radius 1 is 1.12 bits per heavy atom. The topological polar surface area (TPSA) is 109 Å². The van der Waals surface area contributed by atoms with E-state index in [-0.39, 0.29) is 26.9 Å². The van der Waals surface area contributed by atoms with Gasteiger partial charge in [0.05, 0.1) is 16.5 Å². The highest BCUT2D eigenvalue weighted by Gasteiger charge is 2.39. The molecule has 0 unspecified atom stereocenters. The molecule has 3 aromatic rings. The molecule has 0 bridgehead atoms. The number of hydrogen-bond donors (Lipinski definition) is 1. The SMILES string of the molecule is Cc1nc2sc(C(=O)ON3C(=O)c4ccccc4C3=O)c(C)c2c(=O)[nH]1. The molecule has 0 spiro atoms. The summed E-state index contributed by atoms with van der Waals surface area (Å²) in [5.41, 5.74) is 0.376. The molecule has 0 saturated carbocycles. The van der Waals surface area contributed by atoms with Crippen LogP contribution in [0.3, 0.4) is 0 Å². The van der Waals surface area contributed by atoms with Gasteiger partial charge in [-0.15, -0.1) is 11.3 Å². The van der Waals surface area contributed by atoms with Crippen molar-refractivity contribution < 1.29 is 19.2 Å². The Balaban J connectivity index is 1.70. The number of hydroxylamine groups is 2. The van der Waals surface area contributed by atoms with E-state index in [9.17, 15) is 19.2 Å². The molecule has 1 aliphatic heterocycles. The fourth-order valence-corrected chi connectivity index (χ4v) is 3.92. The van der Waals surface area contributed by atoms with Crippen LogP contribution in [0.4, 0.5) is 0 Å². The Kier molecular flexibility index (Phi) is 3.48. The Bertz CT molecular complexity index is 1140. The van der Waals surface area contributed by atoms with Crippen LogP contribution in [0.25, 0.3) is 10.2 Å². The molecule has 3 heterocycles. The highest BCUT2D eigenvalue weighted by Crippen LogP contribution is 2.29. The predicted molar refractivity (Wildman–Crippen MR) is 92.1 cm³/mol. The molecule has 9 heteroatoms. The van der Waals surface area contributed by atoms with Crippen molar-refractivity contribution in [2.24, 2.45) is 0 Å². The van der Waals surface area contributed by atoms with Crippen LogP contribution in [-0.4, -0.2) is 32.8 Å². The number of nitrogens with one attached hydrogen (secondary N) is 1. The van der Waals surface area contributed by atoms with Gasteiger partial charge in [0, 0.05) is 0 Å². The van der Waals surface area contributed by atoms with Crippen molar-refractivity contribution in [3.8, 4) is 0 Å². The first-order valence-corrected chi connectivity index (χ1v) is 8.40. The fourth-order valence-electron chi connectivity index (χ4n) is 2.82. The minimum absolute atomic E-state index is 0.111. The largest absolute Gasteiger partial charge is 0.374 e. The molecule has 26 heavy (non-hydrogen) atoms. The van der Waals surface area contributed by atoms with Crippen LogP contribution in [0.1, 0.15) is 41.8 Å². The number of benzene rings is 1. The van der Waals surface area contributed by atoms with E-state index in [1.54, 1.807) is 26.0 Å². The van der Waals surface area contributed by atoms with Gasteiger partial charge >= 0.3 is 5.97 Å². The van der Waals surface area contributed by atoms with Gasteiger partial charge in [-0.1, -0.05) is 17.2 Å². The number of imide groups is 1. The van der Waals surface area contributed by atoms with Gasteiger partial charge in [-0.3, -0.25) is 14.4 Å². The molecule has 0 aliphatic carbocycles. The molecule has 0 saturated heterocycles. The van der Waals surface area contributed by atoms with Gasteiger partial charge < -0.3 is 9.82 Å². The van der Waals surface area contributed by atoms with Crippen LogP contribution < -0.4 is 5.56 Å². The summed E-state index contributed by atoms with van der Waals surface area (Å²) in [6, 6.07) is 6.21. The van der Waals surface area contributed by atoms with E-state index < -0.39 is 17.8 Å². The van der Waals surface area contributed by atoms with E-state index in [1.165, 1.54) is 12.1 Å². The number of hydrogen-bond acceptors (Lipinski definition) is 7. The maximum absolute atomic E-state index is 12.5. The van der Waals surface area contributed by atoms with E-state index in [0.717, 1.165) is 11.3 Å². The number of rotatable bonds is 2. The Labute approximate surface area is 150 Å². The monoisotopic (exact) mass is 369 g/mol. The number of aryl methyl sites for hydroxylation is 2. The summed E-state index contributed by atoms with van der Waals surface area (Å²) in [6.45, 7) is 3.22. The zero-order valence-electron chi connectivity index (χ0n) is 13.7. The molecule has 0 radical (unpaired) electrons. The quantitative estimate of drug-likeness (QED) is 0.692. The van der Waals surface area contributed by atoms with Crippen LogP contribution >= 0.6 is 11.3 Å². The number of fused-ring (bicyclic) bond motifs is 2. The van der Waals surface area contributed by atoms with Gasteiger partial charge in [-0.2, -0.15) is 0 Å². The van der Waals surface area contributed by atoms with E-state index in [1.807, 2.05) is 0 Å². The highest BCUT2D eigenvalue weighted by molar-refractivity contribution is 7.20. The first-order chi connectivity index (χ1) is 12.4. The van der Waals surface area contributed by atoms with Crippen molar-refractivity contribution in [3.05, 3.63) is 62.0 Å². The van der Waals surface area contributed by atoms with Crippen LogP contribution in [0.5, 0.6) is 0 Å². The van der Waals surface area contributed by atoms with Gasteiger partial charge in [-0.05, 0) is 31.5 Å². The van der Waals surface area contributed by atoms with Crippen LogP contribution in [0, 0.1) is 13.8 Å². The molecule has 1 N–H and O–H groups in total. The van der Waals surface area contributed by atoms with Gasteiger partial charge in [0.2, 0.25) is 0 Å². The van der Waals surface area contributed by atoms with Crippen LogP contribution in [-0.2, 0) is 4.84 Å². The minimum Gasteiger partial charge on any atom is -0.323 e. The third-order valence-electron chi connectivity index (χ3n) is 4.04. The number of carbonyl (C=O) groups is 3. The summed E-state index contributed by atoms with van der Waals surface area (Å²) < 4.78 is 0. The minimum atomic E-state index is -0.892. The lowest BCUT2D eigenvalue weighted by atomic mass is 10.1. The number of amides is 2. The van der Waals surface area contributed by atoms with Crippen molar-refractivity contribution in [1.82, 2.24) is 15.0 Å². The molecule has 0 fully saturated rings. The molecular weight excluding hydrogens is 358 g/mol. The second-order valence-electron chi connectivity index (χ2n) is 5.72. The summed E-state index contributed by atoms with van der Waals surface area (Å²) in [5.74, 6) is -1.88. The molecule has 130 valence electrons. The molecule has 8 nitrogen and oxygen atoms in total. The number of H-pyrrole nitrogens is 1. The second kappa shape index (κ2) is 5.60. The normalized spacial score (nSPS) is 13.4. The number of carbonyl (C=O) groups excluding carboxylic acids is 3. The van der Waals surface area contributed by atoms with Crippen molar-refractivity contribution in [2.45, 2.75) is 13.8 Å². The Morgan fingerprint density at radius 2 is 1.73 bits per heavy atom. The summed E-state index contributed by atoms with van der Waals surface area (Å²) in [6.07, 6.45) is 0.